The Morgan fingerprint density at radius 1 is 1.38 bits per heavy atom. The van der Waals surface area contributed by atoms with Gasteiger partial charge in [-0.15, -0.1) is 0 Å². The van der Waals surface area contributed by atoms with Gasteiger partial charge in [0.25, 0.3) is 5.91 Å². The molecule has 0 aliphatic heterocycles. The molecule has 1 aromatic rings. The first-order valence-corrected chi connectivity index (χ1v) is 7.42. The lowest BCUT2D eigenvalue weighted by molar-refractivity contribution is -0.206. The summed E-state index contributed by atoms with van der Waals surface area (Å²) >= 11 is 3.06. The van der Waals surface area contributed by atoms with E-state index in [1.165, 1.54) is 12.1 Å². The van der Waals surface area contributed by atoms with Crippen LogP contribution in [0.4, 0.5) is 17.6 Å². The largest absolute Gasteiger partial charge is 0.511 e. The van der Waals surface area contributed by atoms with Crippen molar-refractivity contribution in [3.63, 3.8) is 0 Å². The predicted octanol–water partition coefficient (Wildman–Crippen LogP) is 4.04. The second kappa shape index (κ2) is 7.33. The molecule has 4 nitrogen and oxygen atoms in total. The van der Waals surface area contributed by atoms with Crippen molar-refractivity contribution >= 4 is 27.7 Å². The Morgan fingerprint density at radius 2 is 1.96 bits per heavy atom. The molecule has 0 saturated heterocycles. The lowest BCUT2D eigenvalue weighted by atomic mass is 9.89. The summed E-state index contributed by atoms with van der Waals surface area (Å²) in [6, 6.07) is 4.05. The number of nitrogens with zero attached hydrogens (tertiary/aromatic N) is 1. The van der Waals surface area contributed by atoms with Crippen molar-refractivity contribution in [3.05, 3.63) is 45.9 Å². The highest BCUT2D eigenvalue weighted by molar-refractivity contribution is 9.10. The van der Waals surface area contributed by atoms with Crippen molar-refractivity contribution < 1.29 is 27.5 Å². The van der Waals surface area contributed by atoms with Crippen molar-refractivity contribution in [2.75, 3.05) is 0 Å². The van der Waals surface area contributed by atoms with E-state index in [0.717, 1.165) is 19.9 Å². The van der Waals surface area contributed by atoms with Crippen LogP contribution in [0, 0.1) is 11.2 Å². The number of hydrogen-bond donors (Lipinski definition) is 2. The van der Waals surface area contributed by atoms with Crippen molar-refractivity contribution in [3.8, 4) is 0 Å². The highest BCUT2D eigenvalue weighted by Crippen LogP contribution is 2.42. The Balaban J connectivity index is 2.92. The zero-order valence-corrected chi connectivity index (χ0v) is 14.4. The quantitative estimate of drug-likeness (QED) is 0.340. The van der Waals surface area contributed by atoms with Gasteiger partial charge >= 0.3 is 6.18 Å². The fourth-order valence-electron chi connectivity index (χ4n) is 1.51. The zero-order valence-electron chi connectivity index (χ0n) is 12.8. The Kier molecular flexibility index (Phi) is 6.15. The maximum Gasteiger partial charge on any atom is 0.400 e. The molecule has 9 heteroatoms. The number of aliphatic imine (C=N–C) groups is 1. The molecule has 0 saturated carbocycles. The Hall–Kier alpha value is -1.90. The maximum absolute atomic E-state index is 13.6. The Labute approximate surface area is 144 Å². The fraction of sp³-hybridized carbons (Fsp3) is 0.333. The molecular weight excluding hydrogens is 396 g/mol. The predicted molar refractivity (Wildman–Crippen MR) is 85.0 cm³/mol. The second-order valence-electron chi connectivity index (χ2n) is 5.50. The number of carbonyl (C=O) groups is 1. The molecule has 132 valence electrons. The minimum Gasteiger partial charge on any atom is -0.511 e. The monoisotopic (exact) mass is 410 g/mol. The van der Waals surface area contributed by atoms with Gasteiger partial charge in [0.2, 0.25) is 0 Å². The summed E-state index contributed by atoms with van der Waals surface area (Å²) in [7, 11) is 0. The molecule has 0 aliphatic rings. The molecule has 0 fully saturated rings. The number of halogens is 5. The first kappa shape index (κ1) is 20.1. The number of carbonyl (C=O) groups excluding carboxylic acids is 1. The van der Waals surface area contributed by atoms with E-state index in [1.807, 2.05) is 0 Å². The lowest BCUT2D eigenvalue weighted by Gasteiger charge is -2.26. The van der Waals surface area contributed by atoms with Crippen LogP contribution in [-0.4, -0.2) is 23.0 Å². The van der Waals surface area contributed by atoms with E-state index in [4.69, 9.17) is 5.73 Å². The van der Waals surface area contributed by atoms with Gasteiger partial charge < -0.3 is 10.8 Å². The number of aliphatic hydroxyl groups is 1. The van der Waals surface area contributed by atoms with Crippen LogP contribution < -0.4 is 5.73 Å². The SMILES string of the molecule is CC(C)(/C(O)=C/C(N)=NC(=O)Cc1ccc(Br)cc1F)C(F)(F)F. The first-order valence-electron chi connectivity index (χ1n) is 6.63. The smallest absolute Gasteiger partial charge is 0.400 e. The molecule has 0 bridgehead atoms. The van der Waals surface area contributed by atoms with Gasteiger partial charge in [-0.3, -0.25) is 4.79 Å². The molecule has 0 aromatic heterocycles. The maximum atomic E-state index is 13.6. The van der Waals surface area contributed by atoms with E-state index in [1.54, 1.807) is 0 Å². The summed E-state index contributed by atoms with van der Waals surface area (Å²) < 4.78 is 52.4. The number of amides is 1. The first-order chi connectivity index (χ1) is 10.8. The standard InChI is InChI=1S/C15H15BrF4N2O2/c1-14(2,15(18,19)20)11(23)7-12(21)22-13(24)5-8-3-4-9(16)6-10(8)17/h3-4,6-7,23H,5H2,1-2H3,(H2,21,22,24)/b11-7-. The van der Waals surface area contributed by atoms with Crippen molar-refractivity contribution in [2.24, 2.45) is 16.1 Å². The van der Waals surface area contributed by atoms with Gasteiger partial charge in [-0.05, 0) is 31.5 Å². The van der Waals surface area contributed by atoms with Crippen LogP contribution in [0.3, 0.4) is 0 Å². The van der Waals surface area contributed by atoms with Gasteiger partial charge in [0.15, 0.2) is 0 Å². The fourth-order valence-corrected chi connectivity index (χ4v) is 1.84. The third kappa shape index (κ3) is 5.05. The summed E-state index contributed by atoms with van der Waals surface area (Å²) in [5.41, 5.74) is 2.87. The summed E-state index contributed by atoms with van der Waals surface area (Å²) in [5, 5.41) is 9.56. The van der Waals surface area contributed by atoms with Gasteiger partial charge in [-0.1, -0.05) is 22.0 Å². The molecule has 0 aliphatic carbocycles. The van der Waals surface area contributed by atoms with Crippen LogP contribution >= 0.6 is 15.9 Å². The highest BCUT2D eigenvalue weighted by atomic mass is 79.9. The van der Waals surface area contributed by atoms with Gasteiger partial charge in [0.05, 0.1) is 6.42 Å². The molecule has 0 unspecified atom stereocenters. The molecule has 1 rings (SSSR count). The molecule has 3 N–H and O–H groups in total. The Morgan fingerprint density at radius 3 is 2.46 bits per heavy atom. The molecule has 1 amide bonds. The Bertz CT molecular complexity index is 697. The van der Waals surface area contributed by atoms with E-state index in [2.05, 4.69) is 20.9 Å². The van der Waals surface area contributed by atoms with E-state index >= 15 is 0 Å². The second-order valence-corrected chi connectivity index (χ2v) is 6.41. The van der Waals surface area contributed by atoms with Crippen LogP contribution in [0.2, 0.25) is 0 Å². The average Bonchev–Trinajstić information content (AvgIpc) is 2.40. The van der Waals surface area contributed by atoms with Crippen molar-refractivity contribution in [1.82, 2.24) is 0 Å². The highest BCUT2D eigenvalue weighted by Gasteiger charge is 2.50. The van der Waals surface area contributed by atoms with Crippen molar-refractivity contribution in [2.45, 2.75) is 26.4 Å². The third-order valence-corrected chi connectivity index (χ3v) is 3.74. The number of allylic oxidation sites excluding steroid dienone is 1. The average molecular weight is 411 g/mol. The van der Waals surface area contributed by atoms with Crippen LogP contribution in [-0.2, 0) is 11.2 Å². The lowest BCUT2D eigenvalue weighted by Crippen LogP contribution is -2.34. The molecule has 0 atom stereocenters. The van der Waals surface area contributed by atoms with E-state index in [9.17, 15) is 27.5 Å². The summed E-state index contributed by atoms with van der Waals surface area (Å²) in [6.45, 7) is 1.51. The molecule has 1 aromatic carbocycles. The molecule has 0 spiro atoms. The topological polar surface area (TPSA) is 75.7 Å². The summed E-state index contributed by atoms with van der Waals surface area (Å²) in [6.07, 6.45) is -4.57. The van der Waals surface area contributed by atoms with E-state index in [0.29, 0.717) is 10.5 Å². The number of alkyl halides is 3. The van der Waals surface area contributed by atoms with Crippen LogP contribution in [0.5, 0.6) is 0 Å². The molecule has 0 radical (unpaired) electrons. The van der Waals surface area contributed by atoms with Gasteiger partial charge in [0.1, 0.15) is 22.8 Å². The number of aliphatic hydroxyl groups excluding tert-OH is 1. The summed E-state index contributed by atoms with van der Waals surface area (Å²) in [4.78, 5) is 15.1. The summed E-state index contributed by atoms with van der Waals surface area (Å²) in [5.74, 6) is -3.18. The molecular formula is C15H15BrF4N2O2. The van der Waals surface area contributed by atoms with E-state index < -0.39 is 41.3 Å². The van der Waals surface area contributed by atoms with Crippen LogP contribution in [0.15, 0.2) is 39.5 Å². The van der Waals surface area contributed by atoms with Gasteiger partial charge in [0, 0.05) is 10.5 Å². The van der Waals surface area contributed by atoms with Crippen LogP contribution in [0.25, 0.3) is 0 Å². The minimum atomic E-state index is -4.71. The molecule has 0 heterocycles. The number of nitrogens with two attached hydrogens (primary N) is 1. The zero-order chi connectivity index (χ0) is 18.7. The van der Waals surface area contributed by atoms with Gasteiger partial charge in [-0.25, -0.2) is 4.39 Å². The minimum absolute atomic E-state index is 0.0589. The number of benzene rings is 1. The number of hydrogen-bond acceptors (Lipinski definition) is 2. The number of rotatable bonds is 4. The van der Waals surface area contributed by atoms with Crippen molar-refractivity contribution in [1.29, 1.82) is 0 Å². The number of amidine groups is 1. The van der Waals surface area contributed by atoms with Gasteiger partial charge in [-0.2, -0.15) is 18.2 Å². The molecule has 24 heavy (non-hydrogen) atoms. The van der Waals surface area contributed by atoms with Crippen LogP contribution in [0.1, 0.15) is 19.4 Å². The third-order valence-electron chi connectivity index (χ3n) is 3.24. The normalized spacial score (nSPS) is 14.0. The van der Waals surface area contributed by atoms with E-state index in [-0.39, 0.29) is 5.56 Å².